The van der Waals surface area contributed by atoms with Crippen molar-refractivity contribution in [2.75, 3.05) is 7.05 Å². The van der Waals surface area contributed by atoms with Gasteiger partial charge in [-0.15, -0.1) is 0 Å². The van der Waals surface area contributed by atoms with Crippen molar-refractivity contribution < 1.29 is 22.8 Å². The molecule has 26 heavy (non-hydrogen) atoms. The summed E-state index contributed by atoms with van der Waals surface area (Å²) in [6.07, 6.45) is -4.44. The number of carbonyl (C=O) groups excluding carboxylic acids is 2. The molecule has 0 radical (unpaired) electrons. The van der Waals surface area contributed by atoms with Crippen LogP contribution >= 0.6 is 0 Å². The quantitative estimate of drug-likeness (QED) is 0.882. The number of halogens is 3. The number of alkyl halides is 3. The Balaban J connectivity index is 2.20. The van der Waals surface area contributed by atoms with Gasteiger partial charge in [-0.2, -0.15) is 13.2 Å². The molecule has 0 saturated carbocycles. The minimum atomic E-state index is -4.44. The molecule has 2 rings (SSSR count). The minimum absolute atomic E-state index is 0.00826. The third-order valence-electron chi connectivity index (χ3n) is 3.78. The van der Waals surface area contributed by atoms with Crippen molar-refractivity contribution in [3.8, 4) is 0 Å². The molecule has 2 amide bonds. The fraction of sp³-hybridized carbons (Fsp3) is 0.263. The first-order valence-corrected chi connectivity index (χ1v) is 7.91. The molecule has 2 aromatic carbocycles. The van der Waals surface area contributed by atoms with Gasteiger partial charge in [-0.3, -0.25) is 9.59 Å². The summed E-state index contributed by atoms with van der Waals surface area (Å²) in [5.41, 5.74) is 0.186. The fourth-order valence-electron chi connectivity index (χ4n) is 2.55. The molecule has 1 N–H and O–H groups in total. The van der Waals surface area contributed by atoms with Crippen LogP contribution in [0.2, 0.25) is 0 Å². The van der Waals surface area contributed by atoms with Crippen LogP contribution in [0.3, 0.4) is 0 Å². The molecule has 0 aliphatic rings. The topological polar surface area (TPSA) is 49.4 Å². The standard InChI is InChI=1S/C19H19F3N2O2/c1-13(25)23-17(15-8-4-3-5-9-15)18(26)24(2)12-14-7-6-10-16(11-14)19(20,21)22/h3-11,17H,12H2,1-2H3,(H,23,25)/t17-/m1/s1. The van der Waals surface area contributed by atoms with Gasteiger partial charge in [-0.1, -0.05) is 42.5 Å². The molecule has 0 aliphatic carbocycles. The largest absolute Gasteiger partial charge is 0.416 e. The van der Waals surface area contributed by atoms with E-state index >= 15 is 0 Å². The molecular formula is C19H19F3N2O2. The first-order valence-electron chi connectivity index (χ1n) is 7.91. The molecule has 138 valence electrons. The van der Waals surface area contributed by atoms with E-state index < -0.39 is 23.7 Å². The zero-order chi connectivity index (χ0) is 19.3. The summed E-state index contributed by atoms with van der Waals surface area (Å²) in [6.45, 7) is 1.29. The Morgan fingerprint density at radius 1 is 1.08 bits per heavy atom. The summed E-state index contributed by atoms with van der Waals surface area (Å²) in [7, 11) is 1.49. The van der Waals surface area contributed by atoms with Crippen LogP contribution in [-0.4, -0.2) is 23.8 Å². The highest BCUT2D eigenvalue weighted by Crippen LogP contribution is 2.29. The Bertz CT molecular complexity index is 776. The molecular weight excluding hydrogens is 345 g/mol. The molecule has 0 aromatic heterocycles. The predicted molar refractivity (Wildman–Crippen MR) is 90.9 cm³/mol. The number of hydrogen-bond donors (Lipinski definition) is 1. The maximum Gasteiger partial charge on any atom is 0.416 e. The highest BCUT2D eigenvalue weighted by molar-refractivity contribution is 5.87. The van der Waals surface area contributed by atoms with Crippen LogP contribution in [0.1, 0.15) is 29.7 Å². The SMILES string of the molecule is CC(=O)N[C@@H](C(=O)N(C)Cc1cccc(C(F)(F)F)c1)c1ccccc1. The third kappa shape index (κ3) is 5.08. The summed E-state index contributed by atoms with van der Waals surface area (Å²) in [6, 6.07) is 12.6. The van der Waals surface area contributed by atoms with E-state index in [2.05, 4.69) is 5.32 Å². The van der Waals surface area contributed by atoms with Gasteiger partial charge in [0.15, 0.2) is 0 Å². The van der Waals surface area contributed by atoms with E-state index in [0.717, 1.165) is 12.1 Å². The molecule has 0 unspecified atom stereocenters. The van der Waals surface area contributed by atoms with Gasteiger partial charge >= 0.3 is 6.18 Å². The molecule has 0 aliphatic heterocycles. The van der Waals surface area contributed by atoms with E-state index in [4.69, 9.17) is 0 Å². The van der Waals surface area contributed by atoms with Crippen LogP contribution < -0.4 is 5.32 Å². The second kappa shape index (κ2) is 8.03. The lowest BCUT2D eigenvalue weighted by molar-refractivity contribution is -0.137. The number of benzene rings is 2. The molecule has 7 heteroatoms. The molecule has 2 aromatic rings. The van der Waals surface area contributed by atoms with E-state index in [0.29, 0.717) is 11.1 Å². The molecule has 0 spiro atoms. The van der Waals surface area contributed by atoms with Crippen molar-refractivity contribution in [1.82, 2.24) is 10.2 Å². The van der Waals surface area contributed by atoms with Gasteiger partial charge in [0.25, 0.3) is 0 Å². The Labute approximate surface area is 149 Å². The van der Waals surface area contributed by atoms with Crippen LogP contribution in [0.5, 0.6) is 0 Å². The first kappa shape index (κ1) is 19.5. The maximum absolute atomic E-state index is 12.8. The van der Waals surface area contributed by atoms with E-state index in [-0.39, 0.29) is 12.5 Å². The van der Waals surface area contributed by atoms with Gasteiger partial charge in [0, 0.05) is 20.5 Å². The van der Waals surface area contributed by atoms with Crippen LogP contribution in [0.25, 0.3) is 0 Å². The number of rotatable bonds is 5. The van der Waals surface area contributed by atoms with Gasteiger partial charge in [0.2, 0.25) is 11.8 Å². The highest BCUT2D eigenvalue weighted by Gasteiger charge is 2.31. The van der Waals surface area contributed by atoms with Crippen LogP contribution in [0, 0.1) is 0 Å². The Morgan fingerprint density at radius 2 is 1.73 bits per heavy atom. The molecule has 1 atom stereocenters. The average Bonchev–Trinajstić information content (AvgIpc) is 2.59. The Hall–Kier alpha value is -2.83. The second-order valence-corrected chi connectivity index (χ2v) is 5.94. The third-order valence-corrected chi connectivity index (χ3v) is 3.78. The number of likely N-dealkylation sites (N-methyl/N-ethyl adjacent to an activating group) is 1. The number of nitrogens with zero attached hydrogens (tertiary/aromatic N) is 1. The van der Waals surface area contributed by atoms with Crippen LogP contribution in [-0.2, 0) is 22.3 Å². The van der Waals surface area contributed by atoms with Crippen molar-refractivity contribution in [1.29, 1.82) is 0 Å². The smallest absolute Gasteiger partial charge is 0.341 e. The van der Waals surface area contributed by atoms with Crippen molar-refractivity contribution in [2.24, 2.45) is 0 Å². The van der Waals surface area contributed by atoms with E-state index in [1.807, 2.05) is 0 Å². The first-order chi connectivity index (χ1) is 12.2. The lowest BCUT2D eigenvalue weighted by Crippen LogP contribution is -2.40. The van der Waals surface area contributed by atoms with E-state index in [1.54, 1.807) is 30.3 Å². The highest BCUT2D eigenvalue weighted by atomic mass is 19.4. The van der Waals surface area contributed by atoms with Crippen molar-refractivity contribution in [2.45, 2.75) is 25.7 Å². The molecule has 0 saturated heterocycles. The lowest BCUT2D eigenvalue weighted by Gasteiger charge is -2.25. The predicted octanol–water partition coefficient (Wildman–Crippen LogP) is 3.54. The van der Waals surface area contributed by atoms with Gasteiger partial charge in [0.1, 0.15) is 6.04 Å². The summed E-state index contributed by atoms with van der Waals surface area (Å²) in [5.74, 6) is -0.788. The summed E-state index contributed by atoms with van der Waals surface area (Å²) in [4.78, 5) is 25.5. The number of carbonyl (C=O) groups is 2. The van der Waals surface area contributed by atoms with Crippen molar-refractivity contribution in [3.63, 3.8) is 0 Å². The summed E-state index contributed by atoms with van der Waals surface area (Å²) < 4.78 is 38.5. The monoisotopic (exact) mass is 364 g/mol. The maximum atomic E-state index is 12.8. The van der Waals surface area contributed by atoms with Gasteiger partial charge < -0.3 is 10.2 Å². The average molecular weight is 364 g/mol. The fourth-order valence-corrected chi connectivity index (χ4v) is 2.55. The van der Waals surface area contributed by atoms with Crippen molar-refractivity contribution in [3.05, 3.63) is 71.3 Å². The second-order valence-electron chi connectivity index (χ2n) is 5.94. The van der Waals surface area contributed by atoms with Crippen LogP contribution in [0.15, 0.2) is 54.6 Å². The number of nitrogens with one attached hydrogen (secondary N) is 1. The zero-order valence-electron chi connectivity index (χ0n) is 14.4. The lowest BCUT2D eigenvalue weighted by atomic mass is 10.0. The zero-order valence-corrected chi connectivity index (χ0v) is 14.4. The van der Waals surface area contributed by atoms with E-state index in [9.17, 15) is 22.8 Å². The van der Waals surface area contributed by atoms with Gasteiger partial charge in [-0.25, -0.2) is 0 Å². The van der Waals surface area contributed by atoms with E-state index in [1.165, 1.54) is 31.0 Å². The summed E-state index contributed by atoms with van der Waals surface area (Å²) in [5, 5.41) is 2.59. The Kier molecular flexibility index (Phi) is 6.02. The van der Waals surface area contributed by atoms with Crippen LogP contribution in [0.4, 0.5) is 13.2 Å². The molecule has 0 fully saturated rings. The van der Waals surface area contributed by atoms with Gasteiger partial charge in [0.05, 0.1) is 5.56 Å². The number of hydrogen-bond acceptors (Lipinski definition) is 2. The molecule has 0 bridgehead atoms. The van der Waals surface area contributed by atoms with Gasteiger partial charge in [-0.05, 0) is 23.3 Å². The minimum Gasteiger partial charge on any atom is -0.341 e. The Morgan fingerprint density at radius 3 is 2.31 bits per heavy atom. The molecule has 0 heterocycles. The summed E-state index contributed by atoms with van der Waals surface area (Å²) >= 11 is 0. The number of amides is 2. The normalized spacial score (nSPS) is 12.3. The van der Waals surface area contributed by atoms with Crippen molar-refractivity contribution >= 4 is 11.8 Å². The molecule has 4 nitrogen and oxygen atoms in total.